The Bertz CT molecular complexity index is 406. The highest BCUT2D eigenvalue weighted by Crippen LogP contribution is 2.23. The van der Waals surface area contributed by atoms with Crippen molar-refractivity contribution in [3.05, 3.63) is 11.8 Å². The Morgan fingerprint density at radius 3 is 2.67 bits per heavy atom. The first kappa shape index (κ1) is 13.4. The second-order valence-electron chi connectivity index (χ2n) is 6.25. The molecule has 0 amide bonds. The highest BCUT2D eigenvalue weighted by Gasteiger charge is 2.29. The summed E-state index contributed by atoms with van der Waals surface area (Å²) in [6, 6.07) is 2.01. The van der Waals surface area contributed by atoms with Crippen LogP contribution in [0.15, 0.2) is 6.07 Å². The SMILES string of the molecule is Cc1cc(OC2CCCN(C(C)(C)C)C2)n(C)n1. The molecule has 1 aliphatic heterocycles. The molecule has 0 spiro atoms. The van der Waals surface area contributed by atoms with Gasteiger partial charge in [-0.15, -0.1) is 0 Å². The van der Waals surface area contributed by atoms with Gasteiger partial charge in [-0.3, -0.25) is 4.90 Å². The van der Waals surface area contributed by atoms with Gasteiger partial charge in [0, 0.05) is 25.2 Å². The third-order valence-corrected chi connectivity index (χ3v) is 3.57. The van der Waals surface area contributed by atoms with Gasteiger partial charge < -0.3 is 4.74 Å². The van der Waals surface area contributed by atoms with Crippen LogP contribution in [-0.2, 0) is 7.05 Å². The van der Waals surface area contributed by atoms with E-state index in [1.165, 1.54) is 13.0 Å². The van der Waals surface area contributed by atoms with Gasteiger partial charge in [-0.25, -0.2) is 4.68 Å². The van der Waals surface area contributed by atoms with E-state index in [0.29, 0.717) is 0 Å². The molecule has 18 heavy (non-hydrogen) atoms. The number of aromatic nitrogens is 2. The normalized spacial score (nSPS) is 22.2. The van der Waals surface area contributed by atoms with E-state index < -0.39 is 0 Å². The van der Waals surface area contributed by atoms with Gasteiger partial charge in [0.25, 0.3) is 0 Å². The minimum absolute atomic E-state index is 0.227. The molecule has 1 atom stereocenters. The quantitative estimate of drug-likeness (QED) is 0.808. The van der Waals surface area contributed by atoms with E-state index in [-0.39, 0.29) is 11.6 Å². The Kier molecular flexibility index (Phi) is 3.66. The van der Waals surface area contributed by atoms with Crippen LogP contribution < -0.4 is 4.74 Å². The topological polar surface area (TPSA) is 30.3 Å². The largest absolute Gasteiger partial charge is 0.473 e. The maximum atomic E-state index is 6.09. The maximum Gasteiger partial charge on any atom is 0.212 e. The van der Waals surface area contributed by atoms with Crippen molar-refractivity contribution in [3.63, 3.8) is 0 Å². The van der Waals surface area contributed by atoms with E-state index in [1.807, 2.05) is 24.7 Å². The molecular weight excluding hydrogens is 226 g/mol. The molecule has 1 aromatic rings. The van der Waals surface area contributed by atoms with Gasteiger partial charge >= 0.3 is 0 Å². The molecule has 2 heterocycles. The lowest BCUT2D eigenvalue weighted by Gasteiger charge is -2.41. The number of rotatable bonds is 2. The first-order valence-electron chi connectivity index (χ1n) is 6.78. The van der Waals surface area contributed by atoms with Gasteiger partial charge in [-0.2, -0.15) is 5.10 Å². The number of hydrogen-bond donors (Lipinski definition) is 0. The van der Waals surface area contributed by atoms with Crippen molar-refractivity contribution in [1.82, 2.24) is 14.7 Å². The minimum Gasteiger partial charge on any atom is -0.473 e. The molecule has 0 saturated carbocycles. The van der Waals surface area contributed by atoms with Crippen LogP contribution in [0.25, 0.3) is 0 Å². The fraction of sp³-hybridized carbons (Fsp3) is 0.786. The summed E-state index contributed by atoms with van der Waals surface area (Å²) < 4.78 is 7.92. The van der Waals surface area contributed by atoms with Crippen LogP contribution in [0, 0.1) is 6.92 Å². The van der Waals surface area contributed by atoms with E-state index in [9.17, 15) is 0 Å². The lowest BCUT2D eigenvalue weighted by Crippen LogP contribution is -2.50. The molecule has 1 fully saturated rings. The van der Waals surface area contributed by atoms with Crippen molar-refractivity contribution in [3.8, 4) is 5.88 Å². The van der Waals surface area contributed by atoms with E-state index in [2.05, 4.69) is 30.8 Å². The minimum atomic E-state index is 0.227. The molecular formula is C14H25N3O. The molecule has 0 aliphatic carbocycles. The van der Waals surface area contributed by atoms with Crippen molar-refractivity contribution in [2.24, 2.45) is 7.05 Å². The van der Waals surface area contributed by atoms with E-state index in [4.69, 9.17) is 4.74 Å². The standard InChI is InChI=1S/C14H25N3O/c1-11-9-13(16(5)15-11)18-12-7-6-8-17(10-12)14(2,3)4/h9,12H,6-8,10H2,1-5H3. The number of nitrogens with zero attached hydrogens (tertiary/aromatic N) is 3. The third kappa shape index (κ3) is 3.05. The molecule has 102 valence electrons. The fourth-order valence-corrected chi connectivity index (χ4v) is 2.51. The Balaban J connectivity index is 2.00. The Morgan fingerprint density at radius 1 is 1.39 bits per heavy atom. The molecule has 1 aliphatic rings. The Hall–Kier alpha value is -1.03. The highest BCUT2D eigenvalue weighted by atomic mass is 16.5. The molecule has 4 heteroatoms. The number of likely N-dealkylation sites (tertiary alicyclic amines) is 1. The number of piperidine rings is 1. The van der Waals surface area contributed by atoms with Crippen LogP contribution in [0.5, 0.6) is 5.88 Å². The molecule has 0 radical (unpaired) electrons. The molecule has 0 aromatic carbocycles. The second-order valence-corrected chi connectivity index (χ2v) is 6.25. The zero-order valence-electron chi connectivity index (χ0n) is 12.2. The summed E-state index contributed by atoms with van der Waals surface area (Å²) in [5, 5.41) is 4.32. The van der Waals surface area contributed by atoms with Gasteiger partial charge in [-0.05, 0) is 47.1 Å². The predicted octanol–water partition coefficient (Wildman–Crippen LogP) is 2.37. The van der Waals surface area contributed by atoms with Crippen LogP contribution >= 0.6 is 0 Å². The summed E-state index contributed by atoms with van der Waals surface area (Å²) in [5.74, 6) is 0.883. The summed E-state index contributed by atoms with van der Waals surface area (Å²) in [7, 11) is 1.94. The van der Waals surface area contributed by atoms with Gasteiger partial charge in [0.05, 0.1) is 5.69 Å². The first-order chi connectivity index (χ1) is 8.36. The predicted molar refractivity (Wildman–Crippen MR) is 72.9 cm³/mol. The van der Waals surface area contributed by atoms with Crippen LogP contribution in [0.1, 0.15) is 39.3 Å². The molecule has 0 bridgehead atoms. The van der Waals surface area contributed by atoms with Crippen molar-refractivity contribution < 1.29 is 4.74 Å². The number of aryl methyl sites for hydroxylation is 2. The van der Waals surface area contributed by atoms with E-state index >= 15 is 0 Å². The molecule has 4 nitrogen and oxygen atoms in total. The smallest absolute Gasteiger partial charge is 0.212 e. The Morgan fingerprint density at radius 2 is 2.11 bits per heavy atom. The summed E-state index contributed by atoms with van der Waals surface area (Å²) in [5.41, 5.74) is 1.24. The first-order valence-corrected chi connectivity index (χ1v) is 6.78. The average Bonchev–Trinajstić information content (AvgIpc) is 2.56. The number of hydrogen-bond acceptors (Lipinski definition) is 3. The van der Waals surface area contributed by atoms with Crippen molar-refractivity contribution in [1.29, 1.82) is 0 Å². The molecule has 2 rings (SSSR count). The molecule has 1 aromatic heterocycles. The van der Waals surface area contributed by atoms with Gasteiger partial charge in [0.1, 0.15) is 6.10 Å². The van der Waals surface area contributed by atoms with Gasteiger partial charge in [0.2, 0.25) is 5.88 Å². The monoisotopic (exact) mass is 251 g/mol. The molecule has 0 N–H and O–H groups in total. The summed E-state index contributed by atoms with van der Waals surface area (Å²) in [6.07, 6.45) is 2.63. The third-order valence-electron chi connectivity index (χ3n) is 3.57. The van der Waals surface area contributed by atoms with Crippen LogP contribution in [0.2, 0.25) is 0 Å². The lowest BCUT2D eigenvalue weighted by molar-refractivity contribution is 0.0308. The highest BCUT2D eigenvalue weighted by molar-refractivity contribution is 5.15. The van der Waals surface area contributed by atoms with Crippen molar-refractivity contribution >= 4 is 0 Å². The Labute approximate surface area is 110 Å². The average molecular weight is 251 g/mol. The van der Waals surface area contributed by atoms with Crippen molar-refractivity contribution in [2.75, 3.05) is 13.1 Å². The zero-order valence-corrected chi connectivity index (χ0v) is 12.2. The summed E-state index contributed by atoms with van der Waals surface area (Å²) in [4.78, 5) is 2.50. The maximum absolute atomic E-state index is 6.09. The zero-order chi connectivity index (χ0) is 13.3. The lowest BCUT2D eigenvalue weighted by atomic mass is 9.99. The van der Waals surface area contributed by atoms with E-state index in [0.717, 1.165) is 24.5 Å². The van der Waals surface area contributed by atoms with Gasteiger partial charge in [-0.1, -0.05) is 0 Å². The van der Waals surface area contributed by atoms with Gasteiger partial charge in [0.15, 0.2) is 0 Å². The van der Waals surface area contributed by atoms with E-state index in [1.54, 1.807) is 0 Å². The van der Waals surface area contributed by atoms with Crippen LogP contribution in [0.4, 0.5) is 0 Å². The summed E-state index contributed by atoms with van der Waals surface area (Å²) in [6.45, 7) is 11.0. The van der Waals surface area contributed by atoms with Crippen LogP contribution in [0.3, 0.4) is 0 Å². The fourth-order valence-electron chi connectivity index (χ4n) is 2.51. The molecule has 1 unspecified atom stereocenters. The number of ether oxygens (including phenoxy) is 1. The van der Waals surface area contributed by atoms with Crippen LogP contribution in [-0.4, -0.2) is 39.4 Å². The van der Waals surface area contributed by atoms with Crippen molar-refractivity contribution in [2.45, 2.75) is 52.2 Å². The second kappa shape index (κ2) is 4.92. The summed E-state index contributed by atoms with van der Waals surface area (Å²) >= 11 is 0. The molecule has 1 saturated heterocycles.